The molecule has 0 heterocycles. The molecule has 0 saturated carbocycles. The maximum absolute atomic E-state index is 13.6. The zero-order valence-electron chi connectivity index (χ0n) is 10.2. The second-order valence-corrected chi connectivity index (χ2v) is 4.76. The first-order valence-electron chi connectivity index (χ1n) is 5.47. The third-order valence-electron chi connectivity index (χ3n) is 2.69. The predicted octanol–water partition coefficient (Wildman–Crippen LogP) is 4.11. The van der Waals surface area contributed by atoms with Gasteiger partial charge in [-0.1, -0.05) is 0 Å². The minimum absolute atomic E-state index is 0.127. The average molecular weight is 345 g/mol. The molecule has 20 heavy (non-hydrogen) atoms. The fraction of sp³-hybridized carbons (Fsp3) is 0.0714. The highest BCUT2D eigenvalue weighted by atomic mass is 79.9. The van der Waals surface area contributed by atoms with Gasteiger partial charge in [0, 0.05) is 5.56 Å². The molecule has 0 aliphatic carbocycles. The van der Waals surface area contributed by atoms with Crippen molar-refractivity contribution < 1.29 is 22.7 Å². The summed E-state index contributed by atoms with van der Waals surface area (Å²) in [5, 5.41) is 0. The number of hydrogen-bond donors (Lipinski definition) is 0. The van der Waals surface area contributed by atoms with Gasteiger partial charge in [-0.25, -0.2) is 13.2 Å². The van der Waals surface area contributed by atoms with Crippen molar-refractivity contribution in [2.24, 2.45) is 0 Å². The number of rotatable bonds is 3. The summed E-state index contributed by atoms with van der Waals surface area (Å²) >= 11 is 3.19. The molecule has 0 N–H and O–H groups in total. The van der Waals surface area contributed by atoms with E-state index in [0.29, 0.717) is 16.3 Å². The lowest BCUT2D eigenvalue weighted by molar-refractivity contribution is 0.103. The van der Waals surface area contributed by atoms with Crippen LogP contribution in [0.1, 0.15) is 15.9 Å². The maximum Gasteiger partial charge on any atom is 0.196 e. The van der Waals surface area contributed by atoms with Crippen LogP contribution in [0, 0.1) is 17.5 Å². The van der Waals surface area contributed by atoms with E-state index in [-0.39, 0.29) is 5.56 Å². The molecule has 0 bridgehead atoms. The van der Waals surface area contributed by atoms with Crippen molar-refractivity contribution in [3.05, 3.63) is 63.4 Å². The minimum atomic E-state index is -1.66. The van der Waals surface area contributed by atoms with Gasteiger partial charge >= 0.3 is 0 Å². The lowest BCUT2D eigenvalue weighted by Gasteiger charge is -2.07. The van der Waals surface area contributed by atoms with E-state index in [1.54, 1.807) is 0 Å². The predicted molar refractivity (Wildman–Crippen MR) is 70.4 cm³/mol. The Balaban J connectivity index is 2.47. The summed E-state index contributed by atoms with van der Waals surface area (Å²) in [5.41, 5.74) is -0.399. The number of carbonyl (C=O) groups excluding carboxylic acids is 1. The normalized spacial score (nSPS) is 10.4. The molecule has 0 atom stereocenters. The fourth-order valence-electron chi connectivity index (χ4n) is 1.66. The summed E-state index contributed by atoms with van der Waals surface area (Å²) in [6, 6.07) is 5.96. The quantitative estimate of drug-likeness (QED) is 0.618. The number of ketones is 1. The number of hydrogen-bond acceptors (Lipinski definition) is 2. The zero-order chi connectivity index (χ0) is 14.9. The highest BCUT2D eigenvalue weighted by molar-refractivity contribution is 9.10. The van der Waals surface area contributed by atoms with Gasteiger partial charge < -0.3 is 4.74 Å². The molecule has 2 aromatic rings. The first kappa shape index (κ1) is 14.6. The van der Waals surface area contributed by atoms with Gasteiger partial charge in [-0.2, -0.15) is 0 Å². The summed E-state index contributed by atoms with van der Waals surface area (Å²) in [7, 11) is 1.45. The molecule has 6 heteroatoms. The third kappa shape index (κ3) is 2.56. The first-order valence-corrected chi connectivity index (χ1v) is 6.26. The largest absolute Gasteiger partial charge is 0.496 e. The Hall–Kier alpha value is -1.82. The summed E-state index contributed by atoms with van der Waals surface area (Å²) in [5.74, 6) is -4.75. The van der Waals surface area contributed by atoms with Gasteiger partial charge in [-0.15, -0.1) is 0 Å². The van der Waals surface area contributed by atoms with E-state index >= 15 is 0 Å². The van der Waals surface area contributed by atoms with Gasteiger partial charge in [-0.3, -0.25) is 4.79 Å². The Kier molecular flexibility index (Phi) is 4.13. The van der Waals surface area contributed by atoms with Crippen molar-refractivity contribution in [1.29, 1.82) is 0 Å². The highest BCUT2D eigenvalue weighted by Crippen LogP contribution is 2.27. The Labute approximate surface area is 121 Å². The van der Waals surface area contributed by atoms with E-state index in [0.717, 1.165) is 6.07 Å². The highest BCUT2D eigenvalue weighted by Gasteiger charge is 2.20. The molecule has 0 amide bonds. The Morgan fingerprint density at radius 2 is 1.80 bits per heavy atom. The topological polar surface area (TPSA) is 26.3 Å². The second kappa shape index (κ2) is 5.66. The van der Waals surface area contributed by atoms with Gasteiger partial charge in [-0.05, 0) is 46.3 Å². The Bertz CT molecular complexity index is 686. The smallest absolute Gasteiger partial charge is 0.196 e. The van der Waals surface area contributed by atoms with Gasteiger partial charge in [0.1, 0.15) is 5.75 Å². The molecule has 0 spiro atoms. The number of carbonyl (C=O) groups is 1. The number of benzene rings is 2. The van der Waals surface area contributed by atoms with Crippen LogP contribution in [0.15, 0.2) is 34.8 Å². The van der Waals surface area contributed by atoms with E-state index in [4.69, 9.17) is 4.74 Å². The molecule has 0 aromatic heterocycles. The fourth-order valence-corrected chi connectivity index (χ4v) is 2.21. The van der Waals surface area contributed by atoms with Gasteiger partial charge in [0.05, 0.1) is 17.1 Å². The average Bonchev–Trinajstić information content (AvgIpc) is 2.44. The molecular formula is C14H8BrF3O2. The lowest BCUT2D eigenvalue weighted by atomic mass is 10.0. The van der Waals surface area contributed by atoms with Crippen LogP contribution in [0.2, 0.25) is 0 Å². The Morgan fingerprint density at radius 1 is 1.10 bits per heavy atom. The summed E-state index contributed by atoms with van der Waals surface area (Å²) < 4.78 is 45.0. The van der Waals surface area contributed by atoms with E-state index in [2.05, 4.69) is 15.9 Å². The van der Waals surface area contributed by atoms with Gasteiger partial charge in [0.15, 0.2) is 23.2 Å². The van der Waals surface area contributed by atoms with Crippen molar-refractivity contribution in [2.75, 3.05) is 7.11 Å². The molecule has 2 aromatic carbocycles. The summed E-state index contributed by atoms with van der Waals surface area (Å²) in [6.45, 7) is 0. The van der Waals surface area contributed by atoms with E-state index < -0.39 is 28.8 Å². The molecule has 104 valence electrons. The van der Waals surface area contributed by atoms with Crippen LogP contribution in [-0.2, 0) is 0 Å². The molecule has 0 saturated heterocycles. The van der Waals surface area contributed by atoms with Crippen molar-refractivity contribution in [1.82, 2.24) is 0 Å². The van der Waals surface area contributed by atoms with E-state index in [1.807, 2.05) is 0 Å². The first-order chi connectivity index (χ1) is 9.45. The van der Waals surface area contributed by atoms with Crippen LogP contribution in [0.4, 0.5) is 13.2 Å². The number of halogens is 4. The molecule has 0 aliphatic heterocycles. The van der Waals surface area contributed by atoms with Gasteiger partial charge in [0.2, 0.25) is 0 Å². The van der Waals surface area contributed by atoms with Crippen LogP contribution in [-0.4, -0.2) is 12.9 Å². The maximum atomic E-state index is 13.6. The second-order valence-electron chi connectivity index (χ2n) is 3.90. The summed E-state index contributed by atoms with van der Waals surface area (Å²) in [4.78, 5) is 12.1. The third-order valence-corrected chi connectivity index (χ3v) is 3.31. The van der Waals surface area contributed by atoms with Crippen LogP contribution >= 0.6 is 15.9 Å². The molecule has 2 nitrogen and oxygen atoms in total. The van der Waals surface area contributed by atoms with Crippen LogP contribution in [0.3, 0.4) is 0 Å². The van der Waals surface area contributed by atoms with E-state index in [1.165, 1.54) is 25.3 Å². The van der Waals surface area contributed by atoms with Crippen molar-refractivity contribution in [2.45, 2.75) is 0 Å². The molecule has 0 radical (unpaired) electrons. The monoisotopic (exact) mass is 344 g/mol. The van der Waals surface area contributed by atoms with Crippen molar-refractivity contribution >= 4 is 21.7 Å². The number of methoxy groups -OCH3 is 1. The lowest BCUT2D eigenvalue weighted by Crippen LogP contribution is -2.07. The molecule has 0 fully saturated rings. The van der Waals surface area contributed by atoms with Crippen LogP contribution in [0.5, 0.6) is 5.75 Å². The standard InChI is InChI=1S/C14H8BrF3O2/c1-20-11-5-2-7(6-9(11)15)14(19)8-3-4-10(16)13(18)12(8)17/h2-6H,1H3. The number of ether oxygens (including phenoxy) is 1. The molecular weight excluding hydrogens is 337 g/mol. The SMILES string of the molecule is COc1ccc(C(=O)c2ccc(F)c(F)c2F)cc1Br. The molecule has 2 rings (SSSR count). The summed E-state index contributed by atoms with van der Waals surface area (Å²) in [6.07, 6.45) is 0. The van der Waals surface area contributed by atoms with Gasteiger partial charge in [0.25, 0.3) is 0 Å². The van der Waals surface area contributed by atoms with Crippen molar-refractivity contribution in [3.8, 4) is 5.75 Å². The Morgan fingerprint density at radius 3 is 2.40 bits per heavy atom. The molecule has 0 aliphatic rings. The zero-order valence-corrected chi connectivity index (χ0v) is 11.8. The van der Waals surface area contributed by atoms with Crippen LogP contribution < -0.4 is 4.74 Å². The molecule has 0 unspecified atom stereocenters. The van der Waals surface area contributed by atoms with E-state index in [9.17, 15) is 18.0 Å². The minimum Gasteiger partial charge on any atom is -0.496 e. The van der Waals surface area contributed by atoms with Crippen LogP contribution in [0.25, 0.3) is 0 Å². The van der Waals surface area contributed by atoms with Crippen molar-refractivity contribution in [3.63, 3.8) is 0 Å².